The number of amides is 1. The van der Waals surface area contributed by atoms with Gasteiger partial charge in [-0.1, -0.05) is 0 Å². The second kappa shape index (κ2) is 5.40. The van der Waals surface area contributed by atoms with Crippen LogP contribution in [-0.4, -0.2) is 55.7 Å². The van der Waals surface area contributed by atoms with E-state index < -0.39 is 11.7 Å². The molecule has 1 N–H and O–H groups in total. The average molecular weight is 282 g/mol. The number of carbonyl (C=O) groups excluding carboxylic acids is 1. The molecule has 1 aliphatic heterocycles. The number of likely N-dealkylation sites (tertiary alicyclic amines) is 1. The fourth-order valence-corrected chi connectivity index (χ4v) is 2.26. The Kier molecular flexibility index (Phi) is 3.99. The molecule has 0 unspecified atom stereocenters. The van der Waals surface area contributed by atoms with Gasteiger partial charge < -0.3 is 19.3 Å². The van der Waals surface area contributed by atoms with Gasteiger partial charge in [0.15, 0.2) is 0 Å². The number of aromatic nitrogens is 3. The van der Waals surface area contributed by atoms with E-state index in [1.54, 1.807) is 11.2 Å². The monoisotopic (exact) mass is 282 g/mol. The standard InChI is InChI=1S/C13H22N4O3/c1-13(2,3)20-12(19)17-6-9(10(18)7-17)5-11-15-14-8-16(11)4/h8-10,18H,5-7H2,1-4H3/t9-,10-/m1/s1. The zero-order valence-corrected chi connectivity index (χ0v) is 12.4. The first-order valence-electron chi connectivity index (χ1n) is 6.75. The van der Waals surface area contributed by atoms with E-state index in [0.29, 0.717) is 19.5 Å². The van der Waals surface area contributed by atoms with E-state index in [1.165, 1.54) is 0 Å². The number of β-amino-alcohol motifs (C(OH)–C–C–N with tert-alkyl or cyclic N) is 1. The Morgan fingerprint density at radius 2 is 2.20 bits per heavy atom. The second-order valence-electron chi connectivity index (χ2n) is 6.27. The van der Waals surface area contributed by atoms with Crippen molar-refractivity contribution in [1.29, 1.82) is 0 Å². The summed E-state index contributed by atoms with van der Waals surface area (Å²) >= 11 is 0. The molecule has 2 rings (SSSR count). The summed E-state index contributed by atoms with van der Waals surface area (Å²) in [4.78, 5) is 13.5. The van der Waals surface area contributed by atoms with Crippen molar-refractivity contribution in [3.05, 3.63) is 12.2 Å². The van der Waals surface area contributed by atoms with Crippen LogP contribution in [0.25, 0.3) is 0 Å². The lowest BCUT2D eigenvalue weighted by molar-refractivity contribution is 0.0269. The minimum atomic E-state index is -0.556. The van der Waals surface area contributed by atoms with Crippen molar-refractivity contribution in [1.82, 2.24) is 19.7 Å². The summed E-state index contributed by atoms with van der Waals surface area (Å²) in [6, 6.07) is 0. The normalized spacial score (nSPS) is 23.1. The van der Waals surface area contributed by atoms with Gasteiger partial charge in [-0.2, -0.15) is 0 Å². The molecule has 1 aromatic rings. The quantitative estimate of drug-likeness (QED) is 0.858. The van der Waals surface area contributed by atoms with Crippen LogP contribution < -0.4 is 0 Å². The van der Waals surface area contributed by atoms with Gasteiger partial charge in [-0.05, 0) is 20.8 Å². The van der Waals surface area contributed by atoms with E-state index in [-0.39, 0.29) is 12.0 Å². The van der Waals surface area contributed by atoms with Crippen LogP contribution in [0.3, 0.4) is 0 Å². The Bertz CT molecular complexity index is 480. The molecule has 112 valence electrons. The Labute approximate surface area is 118 Å². The number of aryl methyl sites for hydroxylation is 1. The first-order chi connectivity index (χ1) is 9.26. The molecular weight excluding hydrogens is 260 g/mol. The highest BCUT2D eigenvalue weighted by atomic mass is 16.6. The van der Waals surface area contributed by atoms with Crippen molar-refractivity contribution in [2.45, 2.75) is 38.9 Å². The third-order valence-electron chi connectivity index (χ3n) is 3.31. The highest BCUT2D eigenvalue weighted by molar-refractivity contribution is 5.68. The number of hydrogen-bond acceptors (Lipinski definition) is 5. The molecule has 1 amide bonds. The SMILES string of the molecule is Cn1cnnc1C[C@@H]1CN(C(=O)OC(C)(C)C)C[C@H]1O. The van der Waals surface area contributed by atoms with E-state index >= 15 is 0 Å². The molecule has 0 aromatic carbocycles. The van der Waals surface area contributed by atoms with E-state index in [4.69, 9.17) is 4.74 Å². The lowest BCUT2D eigenvalue weighted by Gasteiger charge is -2.24. The van der Waals surface area contributed by atoms with Gasteiger partial charge in [-0.3, -0.25) is 0 Å². The van der Waals surface area contributed by atoms with Crippen molar-refractivity contribution < 1.29 is 14.6 Å². The van der Waals surface area contributed by atoms with Crippen molar-refractivity contribution >= 4 is 6.09 Å². The summed E-state index contributed by atoms with van der Waals surface area (Å²) < 4.78 is 7.14. The van der Waals surface area contributed by atoms with Crippen LogP contribution in [0.1, 0.15) is 26.6 Å². The molecule has 0 bridgehead atoms. The molecule has 2 heterocycles. The number of rotatable bonds is 2. The molecule has 1 fully saturated rings. The predicted octanol–water partition coefficient (Wildman–Crippen LogP) is 0.585. The minimum absolute atomic E-state index is 0.0366. The molecule has 7 heteroatoms. The van der Waals surface area contributed by atoms with Crippen LogP contribution in [0.2, 0.25) is 0 Å². The fraction of sp³-hybridized carbons (Fsp3) is 0.769. The predicted molar refractivity (Wildman–Crippen MR) is 72.0 cm³/mol. The minimum Gasteiger partial charge on any atom is -0.444 e. The molecule has 0 spiro atoms. The molecule has 2 atom stereocenters. The maximum atomic E-state index is 12.0. The summed E-state index contributed by atoms with van der Waals surface area (Å²) in [6.07, 6.45) is 1.29. The number of nitrogens with zero attached hydrogens (tertiary/aromatic N) is 4. The van der Waals surface area contributed by atoms with Crippen LogP contribution in [0.5, 0.6) is 0 Å². The number of ether oxygens (including phenoxy) is 1. The summed E-state index contributed by atoms with van der Waals surface area (Å²) in [6.45, 7) is 6.26. The van der Waals surface area contributed by atoms with Crippen molar-refractivity contribution in [3.63, 3.8) is 0 Å². The maximum absolute atomic E-state index is 12.0. The zero-order chi connectivity index (χ0) is 14.9. The average Bonchev–Trinajstić information content (AvgIpc) is 2.86. The molecule has 0 aliphatic carbocycles. The number of aliphatic hydroxyl groups is 1. The van der Waals surface area contributed by atoms with Crippen LogP contribution in [0, 0.1) is 5.92 Å². The molecule has 1 aromatic heterocycles. The molecule has 1 aliphatic rings. The Morgan fingerprint density at radius 1 is 1.50 bits per heavy atom. The van der Waals surface area contributed by atoms with Crippen molar-refractivity contribution in [2.75, 3.05) is 13.1 Å². The molecule has 0 radical (unpaired) electrons. The summed E-state index contributed by atoms with van der Waals surface area (Å²) in [5.41, 5.74) is -0.524. The van der Waals surface area contributed by atoms with Crippen molar-refractivity contribution in [2.24, 2.45) is 13.0 Å². The first-order valence-corrected chi connectivity index (χ1v) is 6.75. The van der Waals surface area contributed by atoms with Crippen LogP contribution in [0.4, 0.5) is 4.79 Å². The molecule has 20 heavy (non-hydrogen) atoms. The van der Waals surface area contributed by atoms with Gasteiger partial charge in [0, 0.05) is 25.9 Å². The Balaban J connectivity index is 1.95. The number of carbonyl (C=O) groups is 1. The van der Waals surface area contributed by atoms with E-state index in [2.05, 4.69) is 10.2 Å². The molecular formula is C13H22N4O3. The smallest absolute Gasteiger partial charge is 0.410 e. The van der Waals surface area contributed by atoms with Gasteiger partial charge in [-0.15, -0.1) is 10.2 Å². The van der Waals surface area contributed by atoms with E-state index in [0.717, 1.165) is 5.82 Å². The van der Waals surface area contributed by atoms with Gasteiger partial charge in [-0.25, -0.2) is 4.79 Å². The Morgan fingerprint density at radius 3 is 2.75 bits per heavy atom. The lowest BCUT2D eigenvalue weighted by atomic mass is 10.0. The summed E-state index contributed by atoms with van der Waals surface area (Å²) in [5.74, 6) is 0.769. The highest BCUT2D eigenvalue weighted by Crippen LogP contribution is 2.22. The van der Waals surface area contributed by atoms with Gasteiger partial charge in [0.05, 0.1) is 12.6 Å². The molecule has 7 nitrogen and oxygen atoms in total. The molecule has 1 saturated heterocycles. The third-order valence-corrected chi connectivity index (χ3v) is 3.31. The van der Waals surface area contributed by atoms with Crippen LogP contribution in [-0.2, 0) is 18.2 Å². The van der Waals surface area contributed by atoms with Gasteiger partial charge in [0.1, 0.15) is 17.8 Å². The summed E-state index contributed by atoms with van der Waals surface area (Å²) in [5, 5.41) is 17.9. The zero-order valence-electron chi connectivity index (χ0n) is 12.4. The maximum Gasteiger partial charge on any atom is 0.410 e. The largest absolute Gasteiger partial charge is 0.444 e. The number of hydrogen-bond donors (Lipinski definition) is 1. The van der Waals surface area contributed by atoms with E-state index in [9.17, 15) is 9.90 Å². The molecule has 0 saturated carbocycles. The first kappa shape index (κ1) is 14.8. The van der Waals surface area contributed by atoms with Gasteiger partial charge in [0.25, 0.3) is 0 Å². The second-order valence-corrected chi connectivity index (χ2v) is 6.27. The lowest BCUT2D eigenvalue weighted by Crippen LogP contribution is -2.35. The van der Waals surface area contributed by atoms with Gasteiger partial charge in [0.2, 0.25) is 0 Å². The van der Waals surface area contributed by atoms with E-state index in [1.807, 2.05) is 32.4 Å². The highest BCUT2D eigenvalue weighted by Gasteiger charge is 2.36. The van der Waals surface area contributed by atoms with Crippen LogP contribution in [0.15, 0.2) is 6.33 Å². The third kappa shape index (κ3) is 3.47. The number of aliphatic hydroxyl groups excluding tert-OH is 1. The van der Waals surface area contributed by atoms with Gasteiger partial charge >= 0.3 is 6.09 Å². The Hall–Kier alpha value is -1.63. The van der Waals surface area contributed by atoms with Crippen LogP contribution >= 0.6 is 0 Å². The topological polar surface area (TPSA) is 80.5 Å². The van der Waals surface area contributed by atoms with Crippen molar-refractivity contribution in [3.8, 4) is 0 Å². The summed E-state index contributed by atoms with van der Waals surface area (Å²) in [7, 11) is 1.86. The fourth-order valence-electron chi connectivity index (χ4n) is 2.26.